The number of rotatable bonds is 3. The summed E-state index contributed by atoms with van der Waals surface area (Å²) in [5.74, 6) is -0.611. The lowest BCUT2D eigenvalue weighted by molar-refractivity contribution is -0.146. The van der Waals surface area contributed by atoms with Crippen molar-refractivity contribution in [2.24, 2.45) is 0 Å². The Balaban J connectivity index is 1.48. The van der Waals surface area contributed by atoms with E-state index in [-0.39, 0.29) is 11.7 Å². The van der Waals surface area contributed by atoms with Gasteiger partial charge in [0, 0.05) is 42.9 Å². The van der Waals surface area contributed by atoms with Crippen molar-refractivity contribution in [1.82, 2.24) is 24.8 Å². The Labute approximate surface area is 176 Å². The van der Waals surface area contributed by atoms with Gasteiger partial charge in [-0.3, -0.25) is 4.98 Å². The van der Waals surface area contributed by atoms with Gasteiger partial charge in [0.2, 0.25) is 0 Å². The van der Waals surface area contributed by atoms with E-state index in [2.05, 4.69) is 31.7 Å². The molecule has 0 saturated carbocycles. The number of aromatic nitrogens is 5. The zero-order chi connectivity index (χ0) is 21.8. The van der Waals surface area contributed by atoms with E-state index in [0.29, 0.717) is 37.5 Å². The van der Waals surface area contributed by atoms with Crippen LogP contribution in [0.2, 0.25) is 0 Å². The summed E-state index contributed by atoms with van der Waals surface area (Å²) in [6.07, 6.45) is -1.16. The summed E-state index contributed by atoms with van der Waals surface area (Å²) in [4.78, 5) is 6.59. The highest BCUT2D eigenvalue weighted by atomic mass is 19.4. The molecular weight excluding hydrogens is 411 g/mol. The van der Waals surface area contributed by atoms with E-state index in [1.165, 1.54) is 0 Å². The van der Waals surface area contributed by atoms with Crippen LogP contribution < -0.4 is 10.2 Å². The predicted molar refractivity (Wildman–Crippen MR) is 107 cm³/mol. The van der Waals surface area contributed by atoms with E-state index in [9.17, 15) is 13.2 Å². The van der Waals surface area contributed by atoms with E-state index < -0.39 is 12.0 Å². The van der Waals surface area contributed by atoms with E-state index in [0.717, 1.165) is 40.1 Å². The van der Waals surface area contributed by atoms with Gasteiger partial charge >= 0.3 is 6.18 Å². The predicted octanol–water partition coefficient (Wildman–Crippen LogP) is 2.92. The molecule has 1 fully saturated rings. The van der Waals surface area contributed by atoms with Gasteiger partial charge < -0.3 is 15.0 Å². The number of alkyl halides is 3. The molecule has 5 rings (SSSR count). The standard InChI is InChI=1S/C20H22F3N7O/c1-11-12(2)18(28-30-17(11)26-27-19(30)20(21,22)23)29-5-3-16-13(9-29)7-15(8-24-16)25-14-4-6-31-10-14/h7-8,14,25H,3-6,9-10H2,1-2H3. The number of hydrogen-bond acceptors (Lipinski definition) is 7. The zero-order valence-electron chi connectivity index (χ0n) is 17.2. The number of ether oxygens (including phenoxy) is 1. The van der Waals surface area contributed by atoms with Crippen molar-refractivity contribution in [3.8, 4) is 0 Å². The van der Waals surface area contributed by atoms with E-state index in [1.807, 2.05) is 18.0 Å². The molecule has 2 aliphatic heterocycles. The average molecular weight is 433 g/mol. The SMILES string of the molecule is Cc1c(N2CCc3ncc(NC4CCOC4)cc3C2)nn2c(C(F)(F)F)nnc2c1C. The van der Waals surface area contributed by atoms with E-state index >= 15 is 0 Å². The lowest BCUT2D eigenvalue weighted by Gasteiger charge is -2.31. The summed E-state index contributed by atoms with van der Waals surface area (Å²) in [5.41, 5.74) is 4.51. The maximum absolute atomic E-state index is 13.4. The van der Waals surface area contributed by atoms with Crippen molar-refractivity contribution in [2.45, 2.75) is 45.5 Å². The number of pyridine rings is 1. The van der Waals surface area contributed by atoms with Crippen molar-refractivity contribution in [1.29, 1.82) is 0 Å². The molecule has 2 aliphatic rings. The van der Waals surface area contributed by atoms with Crippen molar-refractivity contribution >= 4 is 17.2 Å². The van der Waals surface area contributed by atoms with Crippen LogP contribution in [-0.2, 0) is 23.9 Å². The summed E-state index contributed by atoms with van der Waals surface area (Å²) in [5, 5.41) is 14.8. The fraction of sp³-hybridized carbons (Fsp3) is 0.500. The first-order valence-corrected chi connectivity index (χ1v) is 10.2. The third kappa shape index (κ3) is 3.56. The smallest absolute Gasteiger partial charge is 0.379 e. The van der Waals surface area contributed by atoms with Gasteiger partial charge in [0.25, 0.3) is 5.82 Å². The van der Waals surface area contributed by atoms with Crippen LogP contribution in [0.5, 0.6) is 0 Å². The fourth-order valence-corrected chi connectivity index (χ4v) is 4.16. The third-order valence-electron chi connectivity index (χ3n) is 5.96. The largest absolute Gasteiger partial charge is 0.453 e. The second-order valence-electron chi connectivity index (χ2n) is 8.04. The average Bonchev–Trinajstić information content (AvgIpc) is 3.39. The van der Waals surface area contributed by atoms with Crippen LogP contribution >= 0.6 is 0 Å². The first-order chi connectivity index (χ1) is 14.8. The van der Waals surface area contributed by atoms with Gasteiger partial charge in [-0.2, -0.15) is 17.7 Å². The lowest BCUT2D eigenvalue weighted by atomic mass is 10.0. The molecule has 1 atom stereocenters. The van der Waals surface area contributed by atoms with Crippen LogP contribution in [0.25, 0.3) is 5.65 Å². The molecule has 31 heavy (non-hydrogen) atoms. The van der Waals surface area contributed by atoms with Gasteiger partial charge in [0.15, 0.2) is 11.5 Å². The molecule has 0 amide bonds. The molecule has 1 saturated heterocycles. The highest BCUT2D eigenvalue weighted by Gasteiger charge is 2.38. The normalized spacial score (nSPS) is 19.1. The summed E-state index contributed by atoms with van der Waals surface area (Å²) < 4.78 is 46.3. The molecule has 3 aromatic heterocycles. The van der Waals surface area contributed by atoms with Crippen LogP contribution in [0.4, 0.5) is 24.7 Å². The second kappa shape index (κ2) is 7.33. The summed E-state index contributed by atoms with van der Waals surface area (Å²) in [6.45, 7) is 6.15. The van der Waals surface area contributed by atoms with Gasteiger partial charge in [0.1, 0.15) is 0 Å². The molecule has 0 bridgehead atoms. The minimum Gasteiger partial charge on any atom is -0.379 e. The number of nitrogens with zero attached hydrogens (tertiary/aromatic N) is 6. The first-order valence-electron chi connectivity index (χ1n) is 10.2. The number of nitrogens with one attached hydrogen (secondary N) is 1. The molecule has 0 spiro atoms. The van der Waals surface area contributed by atoms with Crippen molar-refractivity contribution in [2.75, 3.05) is 30.0 Å². The van der Waals surface area contributed by atoms with E-state index in [1.54, 1.807) is 6.92 Å². The Morgan fingerprint density at radius 1 is 1.19 bits per heavy atom. The zero-order valence-corrected chi connectivity index (χ0v) is 17.2. The van der Waals surface area contributed by atoms with Crippen molar-refractivity contribution in [3.05, 3.63) is 40.5 Å². The minimum absolute atomic E-state index is 0.123. The van der Waals surface area contributed by atoms with Gasteiger partial charge in [-0.25, -0.2) is 0 Å². The Kier molecular flexibility index (Phi) is 4.72. The molecule has 164 valence electrons. The van der Waals surface area contributed by atoms with Gasteiger partial charge in [-0.05, 0) is 31.9 Å². The topological polar surface area (TPSA) is 80.5 Å². The maximum atomic E-state index is 13.4. The van der Waals surface area contributed by atoms with Crippen LogP contribution in [-0.4, -0.2) is 50.6 Å². The van der Waals surface area contributed by atoms with Crippen LogP contribution in [0.1, 0.15) is 34.6 Å². The molecule has 0 radical (unpaired) electrons. The molecule has 8 nitrogen and oxygen atoms in total. The third-order valence-corrected chi connectivity index (χ3v) is 5.96. The van der Waals surface area contributed by atoms with Crippen molar-refractivity contribution < 1.29 is 17.9 Å². The Morgan fingerprint density at radius 3 is 2.77 bits per heavy atom. The van der Waals surface area contributed by atoms with Crippen LogP contribution in [0, 0.1) is 13.8 Å². The highest BCUT2D eigenvalue weighted by molar-refractivity contribution is 5.60. The van der Waals surface area contributed by atoms with Crippen LogP contribution in [0.3, 0.4) is 0 Å². The molecule has 0 aliphatic carbocycles. The maximum Gasteiger partial charge on any atom is 0.453 e. The van der Waals surface area contributed by atoms with Gasteiger partial charge in [-0.1, -0.05) is 0 Å². The fourth-order valence-electron chi connectivity index (χ4n) is 4.16. The molecule has 5 heterocycles. The van der Waals surface area contributed by atoms with Gasteiger partial charge in [0.05, 0.1) is 24.5 Å². The molecule has 0 aromatic carbocycles. The number of anilines is 2. The van der Waals surface area contributed by atoms with Crippen LogP contribution in [0.15, 0.2) is 12.3 Å². The molecule has 3 aromatic rings. The first kappa shape index (κ1) is 20.0. The number of halogens is 3. The Morgan fingerprint density at radius 2 is 2.03 bits per heavy atom. The quantitative estimate of drug-likeness (QED) is 0.680. The molecular formula is C20H22F3N7O. The minimum atomic E-state index is -4.63. The second-order valence-corrected chi connectivity index (χ2v) is 8.04. The number of hydrogen-bond donors (Lipinski definition) is 1. The van der Waals surface area contributed by atoms with Crippen molar-refractivity contribution in [3.63, 3.8) is 0 Å². The summed E-state index contributed by atoms with van der Waals surface area (Å²) in [7, 11) is 0. The number of aryl methyl sites for hydroxylation is 1. The monoisotopic (exact) mass is 433 g/mol. The molecule has 1 unspecified atom stereocenters. The molecule has 1 N–H and O–H groups in total. The highest BCUT2D eigenvalue weighted by Crippen LogP contribution is 2.32. The van der Waals surface area contributed by atoms with Gasteiger partial charge in [-0.15, -0.1) is 15.3 Å². The van der Waals surface area contributed by atoms with E-state index in [4.69, 9.17) is 4.74 Å². The lowest BCUT2D eigenvalue weighted by Crippen LogP contribution is -2.33. The summed E-state index contributed by atoms with van der Waals surface area (Å²) in [6, 6.07) is 2.33. The molecule has 11 heteroatoms. The Hall–Kier alpha value is -2.95. The Bertz CT molecular complexity index is 1140. The number of fused-ring (bicyclic) bond motifs is 2. The summed E-state index contributed by atoms with van der Waals surface area (Å²) >= 11 is 0.